The number of carbonyl (C=O) groups is 1. The summed E-state index contributed by atoms with van der Waals surface area (Å²) < 4.78 is 0. The molecule has 2 aromatic rings. The van der Waals surface area contributed by atoms with Crippen molar-refractivity contribution in [1.29, 1.82) is 0 Å². The molecule has 0 saturated heterocycles. The number of aryl methyl sites for hydroxylation is 1. The van der Waals surface area contributed by atoms with Crippen LogP contribution in [0.4, 0.5) is 0 Å². The molecule has 0 aliphatic carbocycles. The van der Waals surface area contributed by atoms with Gasteiger partial charge in [-0.25, -0.2) is 5.43 Å². The molecule has 96 valence electrons. The van der Waals surface area contributed by atoms with Crippen molar-refractivity contribution < 1.29 is 4.79 Å². The second-order valence-electron chi connectivity index (χ2n) is 4.09. The SMILES string of the molecule is Cc1cccc(C(=O)N/N=C/c2ccccc2Cl)c1. The molecule has 1 amide bonds. The number of nitrogens with one attached hydrogen (secondary N) is 1. The van der Waals surface area contributed by atoms with Crippen molar-refractivity contribution in [3.05, 3.63) is 70.2 Å². The third-order valence-electron chi connectivity index (χ3n) is 2.56. The second kappa shape index (κ2) is 6.16. The minimum Gasteiger partial charge on any atom is -0.267 e. The molecule has 2 rings (SSSR count). The van der Waals surface area contributed by atoms with Gasteiger partial charge in [0.2, 0.25) is 0 Å². The topological polar surface area (TPSA) is 41.5 Å². The fourth-order valence-electron chi connectivity index (χ4n) is 1.59. The molecule has 0 radical (unpaired) electrons. The van der Waals surface area contributed by atoms with Gasteiger partial charge in [-0.3, -0.25) is 4.79 Å². The number of hydrogen-bond donors (Lipinski definition) is 1. The van der Waals surface area contributed by atoms with Gasteiger partial charge in [-0.1, -0.05) is 47.5 Å². The van der Waals surface area contributed by atoms with Crippen LogP contribution in [0.3, 0.4) is 0 Å². The van der Waals surface area contributed by atoms with Gasteiger partial charge in [0.1, 0.15) is 0 Å². The van der Waals surface area contributed by atoms with E-state index >= 15 is 0 Å². The molecular formula is C15H13ClN2O. The molecule has 0 aromatic heterocycles. The van der Waals surface area contributed by atoms with E-state index < -0.39 is 0 Å². The molecule has 3 nitrogen and oxygen atoms in total. The van der Waals surface area contributed by atoms with E-state index in [1.165, 1.54) is 6.21 Å². The zero-order valence-corrected chi connectivity index (χ0v) is 11.2. The molecule has 0 atom stereocenters. The monoisotopic (exact) mass is 272 g/mol. The Morgan fingerprint density at radius 3 is 2.74 bits per heavy atom. The Labute approximate surface area is 116 Å². The summed E-state index contributed by atoms with van der Waals surface area (Å²) in [5.41, 5.74) is 4.84. The molecule has 19 heavy (non-hydrogen) atoms. The summed E-state index contributed by atoms with van der Waals surface area (Å²) in [5.74, 6) is -0.244. The van der Waals surface area contributed by atoms with Crippen LogP contribution in [0.5, 0.6) is 0 Å². The van der Waals surface area contributed by atoms with Crippen molar-refractivity contribution in [2.24, 2.45) is 5.10 Å². The van der Waals surface area contributed by atoms with E-state index in [0.717, 1.165) is 11.1 Å². The molecule has 0 heterocycles. The molecular weight excluding hydrogens is 260 g/mol. The lowest BCUT2D eigenvalue weighted by Crippen LogP contribution is -2.17. The maximum absolute atomic E-state index is 11.8. The Morgan fingerprint density at radius 2 is 2.00 bits per heavy atom. The molecule has 0 unspecified atom stereocenters. The van der Waals surface area contributed by atoms with Crippen LogP contribution in [-0.4, -0.2) is 12.1 Å². The van der Waals surface area contributed by atoms with Crippen molar-refractivity contribution in [2.45, 2.75) is 6.92 Å². The van der Waals surface area contributed by atoms with E-state index in [4.69, 9.17) is 11.6 Å². The molecule has 2 aromatic carbocycles. The highest BCUT2D eigenvalue weighted by Gasteiger charge is 2.03. The third kappa shape index (κ3) is 3.66. The van der Waals surface area contributed by atoms with Gasteiger partial charge in [-0.2, -0.15) is 5.10 Å². The first-order chi connectivity index (χ1) is 9.16. The largest absolute Gasteiger partial charge is 0.271 e. The Morgan fingerprint density at radius 1 is 1.21 bits per heavy atom. The number of halogens is 1. The predicted molar refractivity (Wildman–Crippen MR) is 77.7 cm³/mol. The zero-order chi connectivity index (χ0) is 13.7. The first kappa shape index (κ1) is 13.3. The highest BCUT2D eigenvalue weighted by atomic mass is 35.5. The van der Waals surface area contributed by atoms with Gasteiger partial charge in [0.25, 0.3) is 5.91 Å². The molecule has 1 N–H and O–H groups in total. The molecule has 4 heteroatoms. The molecule has 0 spiro atoms. The number of nitrogens with zero attached hydrogens (tertiary/aromatic N) is 1. The summed E-state index contributed by atoms with van der Waals surface area (Å²) in [6.07, 6.45) is 1.52. The Balaban J connectivity index is 2.03. The normalized spacial score (nSPS) is 10.6. The Hall–Kier alpha value is -2.13. The average molecular weight is 273 g/mol. The summed E-state index contributed by atoms with van der Waals surface area (Å²) in [5, 5.41) is 4.49. The number of rotatable bonds is 3. The fraction of sp³-hybridized carbons (Fsp3) is 0.0667. The van der Waals surface area contributed by atoms with Crippen LogP contribution in [0.25, 0.3) is 0 Å². The van der Waals surface area contributed by atoms with Crippen molar-refractivity contribution in [2.75, 3.05) is 0 Å². The van der Waals surface area contributed by atoms with Crippen LogP contribution >= 0.6 is 11.6 Å². The molecule has 0 bridgehead atoms. The zero-order valence-electron chi connectivity index (χ0n) is 10.4. The summed E-state index contributed by atoms with van der Waals surface area (Å²) in [4.78, 5) is 11.8. The maximum Gasteiger partial charge on any atom is 0.271 e. The molecule has 0 aliphatic rings. The third-order valence-corrected chi connectivity index (χ3v) is 2.90. The second-order valence-corrected chi connectivity index (χ2v) is 4.50. The lowest BCUT2D eigenvalue weighted by molar-refractivity contribution is 0.0955. The Bertz CT molecular complexity index is 623. The number of benzene rings is 2. The lowest BCUT2D eigenvalue weighted by atomic mass is 10.1. The first-order valence-corrected chi connectivity index (χ1v) is 6.19. The van der Waals surface area contributed by atoms with Crippen LogP contribution < -0.4 is 5.43 Å². The van der Waals surface area contributed by atoms with Crippen LogP contribution in [0.15, 0.2) is 53.6 Å². The lowest BCUT2D eigenvalue weighted by Gasteiger charge is -2.01. The van der Waals surface area contributed by atoms with E-state index in [2.05, 4.69) is 10.5 Å². The van der Waals surface area contributed by atoms with Gasteiger partial charge < -0.3 is 0 Å². The van der Waals surface area contributed by atoms with Crippen LogP contribution in [0.2, 0.25) is 5.02 Å². The Kier molecular flexibility index (Phi) is 4.31. The fourth-order valence-corrected chi connectivity index (χ4v) is 1.78. The number of hydrazone groups is 1. The number of hydrogen-bond acceptors (Lipinski definition) is 2. The standard InChI is InChI=1S/C15H13ClN2O/c1-11-5-4-7-12(9-11)15(19)18-17-10-13-6-2-3-8-14(13)16/h2-10H,1H3,(H,18,19)/b17-10+. The molecule has 0 fully saturated rings. The van der Waals surface area contributed by atoms with Gasteiger partial charge in [0.05, 0.1) is 6.21 Å². The summed E-state index contributed by atoms with van der Waals surface area (Å²) in [6.45, 7) is 1.93. The first-order valence-electron chi connectivity index (χ1n) is 5.81. The summed E-state index contributed by atoms with van der Waals surface area (Å²) in [6, 6.07) is 14.6. The van der Waals surface area contributed by atoms with E-state index in [1.807, 2.05) is 37.3 Å². The van der Waals surface area contributed by atoms with Gasteiger partial charge >= 0.3 is 0 Å². The predicted octanol–water partition coefficient (Wildman–Crippen LogP) is 3.41. The van der Waals surface area contributed by atoms with Gasteiger partial charge in [-0.15, -0.1) is 0 Å². The highest BCUT2D eigenvalue weighted by molar-refractivity contribution is 6.33. The van der Waals surface area contributed by atoms with Gasteiger partial charge in [-0.05, 0) is 25.1 Å². The van der Waals surface area contributed by atoms with Gasteiger partial charge in [0, 0.05) is 16.1 Å². The highest BCUT2D eigenvalue weighted by Crippen LogP contribution is 2.12. The van der Waals surface area contributed by atoms with Crippen LogP contribution in [0, 0.1) is 6.92 Å². The number of amides is 1. The van der Waals surface area contributed by atoms with Crippen molar-refractivity contribution in [3.63, 3.8) is 0 Å². The average Bonchev–Trinajstić information content (AvgIpc) is 2.41. The summed E-state index contributed by atoms with van der Waals surface area (Å²) >= 11 is 5.97. The molecule has 0 saturated carbocycles. The minimum absolute atomic E-state index is 0.244. The van der Waals surface area contributed by atoms with Gasteiger partial charge in [0.15, 0.2) is 0 Å². The van der Waals surface area contributed by atoms with Crippen LogP contribution in [-0.2, 0) is 0 Å². The van der Waals surface area contributed by atoms with E-state index in [-0.39, 0.29) is 5.91 Å². The maximum atomic E-state index is 11.8. The number of carbonyl (C=O) groups excluding carboxylic acids is 1. The van der Waals surface area contributed by atoms with E-state index in [0.29, 0.717) is 10.6 Å². The van der Waals surface area contributed by atoms with Crippen molar-refractivity contribution in [3.8, 4) is 0 Å². The van der Waals surface area contributed by atoms with E-state index in [1.54, 1.807) is 18.2 Å². The summed E-state index contributed by atoms with van der Waals surface area (Å²) in [7, 11) is 0. The van der Waals surface area contributed by atoms with Crippen molar-refractivity contribution in [1.82, 2.24) is 5.43 Å². The quantitative estimate of drug-likeness (QED) is 0.675. The molecule has 0 aliphatic heterocycles. The van der Waals surface area contributed by atoms with E-state index in [9.17, 15) is 4.79 Å². The minimum atomic E-state index is -0.244. The van der Waals surface area contributed by atoms with Crippen molar-refractivity contribution >= 4 is 23.7 Å². The van der Waals surface area contributed by atoms with Crippen LogP contribution in [0.1, 0.15) is 21.5 Å². The smallest absolute Gasteiger partial charge is 0.267 e.